The molecule has 1 aromatic heterocycles. The molecule has 3 aliphatic carbocycles. The zero-order chi connectivity index (χ0) is 45.4. The van der Waals surface area contributed by atoms with Crippen LogP contribution in [0.4, 0.5) is 19.7 Å². The third-order valence-electron chi connectivity index (χ3n) is 12.0. The number of carbonyl (C=O) groups is 5. The van der Waals surface area contributed by atoms with E-state index in [0.717, 1.165) is 16.5 Å². The molecule has 61 heavy (non-hydrogen) atoms. The second-order valence-corrected chi connectivity index (χ2v) is 24.7. The minimum absolute atomic E-state index is 0.0409. The predicted molar refractivity (Wildman–Crippen MR) is 225 cm³/mol. The first-order valence-electron chi connectivity index (χ1n) is 20.5. The summed E-state index contributed by atoms with van der Waals surface area (Å²) in [5, 5.41) is 3.70. The molecule has 5 atom stereocenters. The lowest BCUT2D eigenvalue weighted by molar-refractivity contribution is -0.151. The van der Waals surface area contributed by atoms with Crippen molar-refractivity contribution in [3.8, 4) is 11.6 Å². The van der Waals surface area contributed by atoms with Crippen LogP contribution < -0.4 is 14.4 Å². The quantitative estimate of drug-likeness (QED) is 0.0914. The van der Waals surface area contributed by atoms with Crippen molar-refractivity contribution in [1.82, 2.24) is 10.1 Å². The van der Waals surface area contributed by atoms with E-state index in [1.165, 1.54) is 7.05 Å². The van der Waals surface area contributed by atoms with Crippen LogP contribution in [0.5, 0.6) is 11.6 Å². The van der Waals surface area contributed by atoms with Crippen molar-refractivity contribution in [2.45, 2.75) is 123 Å². The van der Waals surface area contributed by atoms with E-state index in [1.807, 2.05) is 69.1 Å². The second-order valence-electron chi connectivity index (χ2n) is 20.0. The fourth-order valence-electron chi connectivity index (χ4n) is 8.31. The third kappa shape index (κ3) is 8.38. The Kier molecular flexibility index (Phi) is 11.8. The topological polar surface area (TPSA) is 164 Å². The van der Waals surface area contributed by atoms with Gasteiger partial charge >= 0.3 is 12.2 Å². The van der Waals surface area contributed by atoms with Crippen LogP contribution >= 0.6 is 0 Å². The van der Waals surface area contributed by atoms with Crippen LogP contribution in [-0.4, -0.2) is 85.9 Å². The predicted octanol–water partition coefficient (Wildman–Crippen LogP) is 8.90. The number of benzene rings is 2. The van der Waals surface area contributed by atoms with Gasteiger partial charge in [-0.2, -0.15) is 0 Å². The van der Waals surface area contributed by atoms with E-state index in [9.17, 15) is 9.59 Å². The number of rotatable bonds is 8. The molecule has 0 radical (unpaired) electrons. The Morgan fingerprint density at radius 2 is 1.56 bits per heavy atom. The average molecular weight is 864 g/mol. The Morgan fingerprint density at radius 3 is 2.13 bits per heavy atom. The minimum atomic E-state index is -3.09. The largest absolute Gasteiger partial charge is 0.514 e. The molecule has 16 heteroatoms. The fourth-order valence-corrected chi connectivity index (χ4v) is 9.76. The molecule has 1 heterocycles. The number of hydrogen-bond acceptors (Lipinski definition) is 13. The maximum Gasteiger partial charge on any atom is 0.514 e. The van der Waals surface area contributed by atoms with Gasteiger partial charge in [0.2, 0.25) is 5.78 Å². The summed E-state index contributed by atoms with van der Waals surface area (Å²) >= 11 is 0. The van der Waals surface area contributed by atoms with Crippen LogP contribution in [0.3, 0.4) is 0 Å². The van der Waals surface area contributed by atoms with E-state index in [2.05, 4.69) is 5.16 Å². The zero-order valence-electron chi connectivity index (χ0n) is 37.6. The molecule has 3 aliphatic rings. The monoisotopic (exact) mass is 863 g/mol. The number of ether oxygens (including phenoxy) is 4. The van der Waals surface area contributed by atoms with Crippen LogP contribution in [0.2, 0.25) is 18.1 Å². The van der Waals surface area contributed by atoms with Crippen molar-refractivity contribution in [3.05, 3.63) is 70.2 Å². The fraction of sp³-hybridized carbons (Fsp3) is 0.556. The minimum Gasteiger partial charge on any atom is -0.470 e. The van der Waals surface area contributed by atoms with Gasteiger partial charge in [0.1, 0.15) is 29.2 Å². The van der Waals surface area contributed by atoms with Gasteiger partial charge in [-0.05, 0) is 103 Å². The van der Waals surface area contributed by atoms with Gasteiger partial charge in [-0.3, -0.25) is 24.2 Å². The van der Waals surface area contributed by atoms with E-state index in [-0.39, 0.29) is 47.9 Å². The molecule has 3 aromatic rings. The van der Waals surface area contributed by atoms with Crippen molar-refractivity contribution in [2.75, 3.05) is 26.0 Å². The highest BCUT2D eigenvalue weighted by Crippen LogP contribution is 2.59. The van der Waals surface area contributed by atoms with E-state index >= 15 is 18.8 Å². The lowest BCUT2D eigenvalue weighted by atomic mass is 9.54. The number of ketones is 3. The summed E-state index contributed by atoms with van der Waals surface area (Å²) in [7, 11) is 1.77. The summed E-state index contributed by atoms with van der Waals surface area (Å²) in [6.07, 6.45) is -2.26. The molecule has 0 aliphatic heterocycles. The van der Waals surface area contributed by atoms with Gasteiger partial charge in [-0.25, -0.2) is 14.0 Å². The van der Waals surface area contributed by atoms with Crippen LogP contribution in [0, 0.1) is 23.6 Å². The smallest absolute Gasteiger partial charge is 0.470 e. The maximum absolute atomic E-state index is 16.6. The summed E-state index contributed by atoms with van der Waals surface area (Å²) in [5.74, 6) is -7.00. The highest BCUT2D eigenvalue weighted by atomic mass is 28.4. The normalized spacial score (nSPS) is 22.8. The highest BCUT2D eigenvalue weighted by Gasteiger charge is 2.70. The molecule has 1 saturated carbocycles. The third-order valence-corrected chi connectivity index (χ3v) is 16.5. The summed E-state index contributed by atoms with van der Waals surface area (Å²) in [6, 6.07) is 9.50. The van der Waals surface area contributed by atoms with Crippen LogP contribution in [0.15, 0.2) is 40.9 Å². The second kappa shape index (κ2) is 15.8. The number of anilines is 1. The Labute approximate surface area is 357 Å². The molecule has 0 saturated heterocycles. The molecule has 330 valence electrons. The molecule has 0 bridgehead atoms. The number of fused-ring (bicyclic) bond motifs is 4. The molecule has 1 amide bonds. The molecular formula is C45H58FN3O11Si. The summed E-state index contributed by atoms with van der Waals surface area (Å²) in [4.78, 5) is 76.3. The molecule has 1 unspecified atom stereocenters. The number of aromatic nitrogens is 1. The Balaban J connectivity index is 1.55. The first-order valence-corrected chi connectivity index (χ1v) is 23.4. The summed E-state index contributed by atoms with van der Waals surface area (Å²) in [5.41, 5.74) is -4.36. The lowest BCUT2D eigenvalue weighted by Gasteiger charge is -2.56. The number of nitrogens with zero attached hydrogens (tertiary/aromatic N) is 3. The molecular weight excluding hydrogens is 806 g/mol. The molecule has 1 fully saturated rings. The van der Waals surface area contributed by atoms with Gasteiger partial charge in [0.05, 0.1) is 23.2 Å². The number of amides is 1. The number of halogens is 1. The van der Waals surface area contributed by atoms with Crippen LogP contribution in [-0.2, 0) is 31.7 Å². The van der Waals surface area contributed by atoms with Gasteiger partial charge < -0.3 is 27.9 Å². The van der Waals surface area contributed by atoms with Gasteiger partial charge in [-0.1, -0.05) is 51.1 Å². The van der Waals surface area contributed by atoms with Crippen molar-refractivity contribution in [2.24, 2.45) is 17.8 Å². The Bertz CT molecular complexity index is 2250. The van der Waals surface area contributed by atoms with Gasteiger partial charge in [0.25, 0.3) is 5.88 Å². The highest BCUT2D eigenvalue weighted by molar-refractivity contribution is 6.74. The SMILES string of the molecule is CN(C(=O)OC(C)(C)C)c1cc(F)c2c(c1OC(=O)OC(C)(C)C)C(=O)C1C(=O)[C@]3(O[Si](C)(C)C(C)(C)C)C(=O)c4c(OCc5ccccc5)noc4[C@@H](N(C)C)[C@@H]3C[C@@H]1C2. The number of hydrogen-bond donors (Lipinski definition) is 0. The number of carbonyl (C=O) groups excluding carboxylic acids is 5. The summed E-state index contributed by atoms with van der Waals surface area (Å²) in [6.45, 7) is 19.6. The van der Waals surface area contributed by atoms with E-state index in [1.54, 1.807) is 55.6 Å². The molecule has 2 aromatic carbocycles. The van der Waals surface area contributed by atoms with Gasteiger partial charge in [-0.15, -0.1) is 0 Å². The van der Waals surface area contributed by atoms with Crippen molar-refractivity contribution in [3.63, 3.8) is 0 Å². The van der Waals surface area contributed by atoms with Gasteiger partial charge in [0.15, 0.2) is 37.0 Å². The van der Waals surface area contributed by atoms with E-state index in [0.29, 0.717) is 0 Å². The Morgan fingerprint density at radius 1 is 0.934 bits per heavy atom. The van der Waals surface area contributed by atoms with Crippen molar-refractivity contribution >= 4 is 43.6 Å². The first-order chi connectivity index (χ1) is 28.1. The maximum atomic E-state index is 16.6. The van der Waals surface area contributed by atoms with Gasteiger partial charge in [0, 0.05) is 24.6 Å². The lowest BCUT2D eigenvalue weighted by Crippen LogP contribution is -2.70. The molecule has 0 spiro atoms. The average Bonchev–Trinajstić information content (AvgIpc) is 3.54. The van der Waals surface area contributed by atoms with Crippen molar-refractivity contribution < 1.29 is 56.3 Å². The number of Topliss-reactive ketones (excluding diaryl/α,β-unsaturated/α-hetero) is 3. The Hall–Kier alpha value is -4.93. The summed E-state index contributed by atoms with van der Waals surface area (Å²) < 4.78 is 52.6. The van der Waals surface area contributed by atoms with Crippen LogP contribution in [0.1, 0.15) is 112 Å². The molecule has 14 nitrogen and oxygen atoms in total. The first kappa shape index (κ1) is 45.6. The van der Waals surface area contributed by atoms with Crippen LogP contribution in [0.25, 0.3) is 0 Å². The van der Waals surface area contributed by atoms with E-state index in [4.69, 9.17) is 27.9 Å². The molecule has 6 rings (SSSR count). The zero-order valence-corrected chi connectivity index (χ0v) is 38.6. The van der Waals surface area contributed by atoms with E-state index < -0.39 is 101 Å². The standard InChI is InChI=1S/C45H58FN3O11Si/c1-42(2,3)57-40(53)49(12)29-22-28(46)26-20-25-21-27-33(48(10)11)36-32(39(47-59-36)55-23-24-18-16-15-17-19-24)38(52)45(27,60-61(13,14)44(7,8)9)37(51)30(25)34(50)31(26)35(29)56-41(54)58-43(4,5)6/h15-19,22,25,27,30,33H,20-21,23H2,1-14H3/t25-,27-,30?,33-,45-/m0/s1. The molecule has 0 N–H and O–H groups in total. The van der Waals surface area contributed by atoms with Crippen molar-refractivity contribution in [1.29, 1.82) is 0 Å².